The molecule has 0 saturated carbocycles. The van der Waals surface area contributed by atoms with Crippen LogP contribution in [0.25, 0.3) is 5.69 Å². The van der Waals surface area contributed by atoms with Crippen LogP contribution in [0.2, 0.25) is 0 Å². The van der Waals surface area contributed by atoms with Crippen LogP contribution in [-0.2, 0) is 6.42 Å². The molecular formula is C23H24N2O. The number of rotatable bonds is 3. The van der Waals surface area contributed by atoms with E-state index >= 15 is 0 Å². The topological polar surface area (TPSA) is 34.9 Å². The highest BCUT2D eigenvalue weighted by Gasteiger charge is 2.30. The molecule has 0 N–H and O–H groups in total. The van der Waals surface area contributed by atoms with E-state index in [2.05, 4.69) is 62.3 Å². The minimum Gasteiger partial charge on any atom is -0.294 e. The zero-order valence-corrected chi connectivity index (χ0v) is 15.6. The molecule has 3 nitrogen and oxygen atoms in total. The summed E-state index contributed by atoms with van der Waals surface area (Å²) in [6, 6.07) is 17.0. The quantitative estimate of drug-likeness (QED) is 0.653. The smallest absolute Gasteiger partial charge is 0.166 e. The van der Waals surface area contributed by atoms with Crippen molar-refractivity contribution in [3.05, 3.63) is 82.7 Å². The predicted molar refractivity (Wildman–Crippen MR) is 104 cm³/mol. The molecule has 132 valence electrons. The van der Waals surface area contributed by atoms with E-state index in [1.54, 1.807) is 6.20 Å². The fraction of sp³-hybridized carbons (Fsp3) is 0.304. The monoisotopic (exact) mass is 344 g/mol. The van der Waals surface area contributed by atoms with Crippen LogP contribution in [0.4, 0.5) is 0 Å². The third kappa shape index (κ3) is 2.98. The van der Waals surface area contributed by atoms with Gasteiger partial charge in [-0.3, -0.25) is 4.79 Å². The molecule has 4 rings (SSSR count). The van der Waals surface area contributed by atoms with Crippen LogP contribution in [0.15, 0.2) is 54.7 Å². The zero-order chi connectivity index (χ0) is 18.3. The van der Waals surface area contributed by atoms with Gasteiger partial charge in [0.25, 0.3) is 0 Å². The summed E-state index contributed by atoms with van der Waals surface area (Å²) in [4.78, 5) is 12.7. The largest absolute Gasteiger partial charge is 0.294 e. The highest BCUT2D eigenvalue weighted by Crippen LogP contribution is 2.34. The predicted octanol–water partition coefficient (Wildman–Crippen LogP) is 5.22. The second-order valence-electron chi connectivity index (χ2n) is 7.61. The molecule has 1 heterocycles. The number of nitrogens with zero attached hydrogens (tertiary/aromatic N) is 2. The second kappa shape index (κ2) is 6.56. The third-order valence-electron chi connectivity index (χ3n) is 5.36. The molecule has 1 aromatic heterocycles. The third-order valence-corrected chi connectivity index (χ3v) is 5.36. The van der Waals surface area contributed by atoms with Crippen molar-refractivity contribution < 1.29 is 4.79 Å². The highest BCUT2D eigenvalue weighted by molar-refractivity contribution is 5.98. The van der Waals surface area contributed by atoms with Gasteiger partial charge in [-0.15, -0.1) is 0 Å². The number of aryl methyl sites for hydroxylation is 1. The number of aromatic nitrogens is 2. The number of carbonyl (C=O) groups excluding carboxylic acids is 1. The van der Waals surface area contributed by atoms with Crippen molar-refractivity contribution in [2.24, 2.45) is 0 Å². The number of hydrogen-bond donors (Lipinski definition) is 0. The molecule has 3 aromatic rings. The van der Waals surface area contributed by atoms with E-state index < -0.39 is 0 Å². The highest BCUT2D eigenvalue weighted by atomic mass is 16.1. The van der Waals surface area contributed by atoms with Crippen molar-refractivity contribution >= 4 is 5.78 Å². The standard InChI is InChI=1S/C23H24N2O/c1-15(2)17-7-9-18(10-8-17)19-12-22-21(23(26)13-19)14-24-25(22)20-6-4-5-16(3)11-20/h4-11,14-15,19H,12-13H2,1-3H3. The Labute approximate surface area is 154 Å². The lowest BCUT2D eigenvalue weighted by Gasteiger charge is -2.23. The van der Waals surface area contributed by atoms with Crippen molar-refractivity contribution in [3.63, 3.8) is 0 Å². The van der Waals surface area contributed by atoms with Crippen LogP contribution in [-0.4, -0.2) is 15.6 Å². The molecule has 2 aromatic carbocycles. The maximum Gasteiger partial charge on any atom is 0.166 e. The van der Waals surface area contributed by atoms with Crippen molar-refractivity contribution in [1.82, 2.24) is 9.78 Å². The maximum absolute atomic E-state index is 12.7. The van der Waals surface area contributed by atoms with Crippen molar-refractivity contribution in [3.8, 4) is 5.69 Å². The van der Waals surface area contributed by atoms with Crippen LogP contribution in [0.5, 0.6) is 0 Å². The molecule has 0 spiro atoms. The maximum atomic E-state index is 12.7. The normalized spacial score (nSPS) is 16.8. The number of ketones is 1. The first-order valence-corrected chi connectivity index (χ1v) is 9.30. The second-order valence-corrected chi connectivity index (χ2v) is 7.61. The number of Topliss-reactive ketones (excluding diaryl/α,β-unsaturated/α-hetero) is 1. The van der Waals surface area contributed by atoms with Gasteiger partial charge in [0.05, 0.1) is 23.1 Å². The van der Waals surface area contributed by atoms with Gasteiger partial charge in [-0.05, 0) is 54.0 Å². The van der Waals surface area contributed by atoms with Crippen LogP contribution in [0.1, 0.15) is 64.8 Å². The summed E-state index contributed by atoms with van der Waals surface area (Å²) in [6.07, 6.45) is 3.14. The van der Waals surface area contributed by atoms with Crippen LogP contribution in [0.3, 0.4) is 0 Å². The fourth-order valence-corrected chi connectivity index (χ4v) is 3.81. The van der Waals surface area contributed by atoms with E-state index in [1.807, 2.05) is 16.8 Å². The van der Waals surface area contributed by atoms with Gasteiger partial charge in [-0.25, -0.2) is 4.68 Å². The average molecular weight is 344 g/mol. The lowest BCUT2D eigenvalue weighted by molar-refractivity contribution is 0.0963. The molecule has 1 atom stereocenters. The SMILES string of the molecule is Cc1cccc(-n2ncc3c2CC(c2ccc(C(C)C)cc2)CC3=O)c1. The molecule has 26 heavy (non-hydrogen) atoms. The molecule has 1 aliphatic rings. The summed E-state index contributed by atoms with van der Waals surface area (Å²) >= 11 is 0. The van der Waals surface area contributed by atoms with Gasteiger partial charge in [-0.2, -0.15) is 5.10 Å². The summed E-state index contributed by atoms with van der Waals surface area (Å²) in [6.45, 7) is 6.47. The molecule has 0 bridgehead atoms. The molecule has 0 aliphatic heterocycles. The van der Waals surface area contributed by atoms with Crippen molar-refractivity contribution in [2.45, 2.75) is 45.4 Å². The van der Waals surface area contributed by atoms with E-state index in [0.29, 0.717) is 12.3 Å². The van der Waals surface area contributed by atoms with E-state index in [1.165, 1.54) is 16.7 Å². The zero-order valence-electron chi connectivity index (χ0n) is 15.6. The van der Waals surface area contributed by atoms with Gasteiger partial charge in [0, 0.05) is 6.42 Å². The van der Waals surface area contributed by atoms with E-state index in [9.17, 15) is 4.79 Å². The summed E-state index contributed by atoms with van der Waals surface area (Å²) in [5.41, 5.74) is 6.60. The number of benzene rings is 2. The Kier molecular flexibility index (Phi) is 4.23. The average Bonchev–Trinajstić information content (AvgIpc) is 3.06. The number of carbonyl (C=O) groups is 1. The van der Waals surface area contributed by atoms with Crippen LogP contribution in [0, 0.1) is 6.92 Å². The van der Waals surface area contributed by atoms with Crippen LogP contribution >= 0.6 is 0 Å². The number of fused-ring (bicyclic) bond motifs is 1. The van der Waals surface area contributed by atoms with E-state index in [4.69, 9.17) is 0 Å². The Hall–Kier alpha value is -2.68. The van der Waals surface area contributed by atoms with Gasteiger partial charge in [0.2, 0.25) is 0 Å². The summed E-state index contributed by atoms with van der Waals surface area (Å²) in [5, 5.41) is 4.52. The van der Waals surface area contributed by atoms with Crippen molar-refractivity contribution in [1.29, 1.82) is 0 Å². The Morgan fingerprint density at radius 1 is 1.08 bits per heavy atom. The minimum absolute atomic E-state index is 0.197. The molecule has 0 amide bonds. The minimum atomic E-state index is 0.197. The molecule has 0 saturated heterocycles. The van der Waals surface area contributed by atoms with E-state index in [0.717, 1.165) is 23.4 Å². The van der Waals surface area contributed by atoms with Gasteiger partial charge in [-0.1, -0.05) is 50.2 Å². The molecular weight excluding hydrogens is 320 g/mol. The fourth-order valence-electron chi connectivity index (χ4n) is 3.81. The van der Waals surface area contributed by atoms with E-state index in [-0.39, 0.29) is 11.7 Å². The van der Waals surface area contributed by atoms with Gasteiger partial charge < -0.3 is 0 Å². The summed E-state index contributed by atoms with van der Waals surface area (Å²) in [7, 11) is 0. The van der Waals surface area contributed by atoms with Gasteiger partial charge in [0.15, 0.2) is 5.78 Å². The Balaban J connectivity index is 1.69. The number of hydrogen-bond acceptors (Lipinski definition) is 2. The first-order valence-electron chi connectivity index (χ1n) is 9.30. The van der Waals surface area contributed by atoms with Crippen LogP contribution < -0.4 is 0 Å². The lowest BCUT2D eigenvalue weighted by Crippen LogP contribution is -2.20. The first-order chi connectivity index (χ1) is 12.5. The Morgan fingerprint density at radius 2 is 1.85 bits per heavy atom. The molecule has 1 aliphatic carbocycles. The molecule has 0 fully saturated rings. The lowest BCUT2D eigenvalue weighted by atomic mass is 9.82. The first kappa shape index (κ1) is 16.8. The summed E-state index contributed by atoms with van der Waals surface area (Å²) in [5.74, 6) is 0.936. The van der Waals surface area contributed by atoms with Gasteiger partial charge in [0.1, 0.15) is 0 Å². The van der Waals surface area contributed by atoms with Gasteiger partial charge >= 0.3 is 0 Å². The molecule has 1 unspecified atom stereocenters. The van der Waals surface area contributed by atoms with Crippen molar-refractivity contribution in [2.75, 3.05) is 0 Å². The molecule has 3 heteroatoms. The Bertz CT molecular complexity index is 951. The summed E-state index contributed by atoms with van der Waals surface area (Å²) < 4.78 is 1.94. The Morgan fingerprint density at radius 3 is 2.54 bits per heavy atom. The molecule has 0 radical (unpaired) electrons.